The van der Waals surface area contributed by atoms with Gasteiger partial charge < -0.3 is 26.2 Å². The van der Waals surface area contributed by atoms with Gasteiger partial charge in [0.05, 0.1) is 12.2 Å². The zero-order chi connectivity index (χ0) is 14.6. The van der Waals surface area contributed by atoms with Crippen LogP contribution in [-0.4, -0.2) is 51.0 Å². The highest BCUT2D eigenvalue weighted by atomic mass is 16.4. The fourth-order valence-electron chi connectivity index (χ4n) is 1.56. The Kier molecular flexibility index (Phi) is 4.99. The molecule has 0 saturated carbocycles. The van der Waals surface area contributed by atoms with Gasteiger partial charge in [0.1, 0.15) is 12.2 Å². The number of para-hydroxylation sites is 1. The number of nitrogen functional groups attached to an aromatic ring is 1. The van der Waals surface area contributed by atoms with Crippen molar-refractivity contribution in [3.05, 3.63) is 29.3 Å². The second-order valence-corrected chi connectivity index (χ2v) is 4.02. The van der Waals surface area contributed by atoms with Crippen molar-refractivity contribution in [1.29, 1.82) is 0 Å². The van der Waals surface area contributed by atoms with E-state index in [1.54, 1.807) is 0 Å². The van der Waals surface area contributed by atoms with Crippen LogP contribution in [0.4, 0.5) is 5.69 Å². The molecule has 0 saturated heterocycles. The van der Waals surface area contributed by atoms with Gasteiger partial charge in [0.2, 0.25) is 0 Å². The van der Waals surface area contributed by atoms with Crippen molar-refractivity contribution >= 4 is 17.4 Å². The maximum absolute atomic E-state index is 11.6. The van der Waals surface area contributed by atoms with E-state index < -0.39 is 30.6 Å². The molecule has 0 aliphatic carbocycles. The van der Waals surface area contributed by atoms with Gasteiger partial charge in [0.25, 0.3) is 0 Å². The molecule has 0 bridgehead atoms. The number of rotatable bonds is 6. The Bertz CT molecular complexity index is 487. The maximum Gasteiger partial charge on any atom is 0.337 e. The van der Waals surface area contributed by atoms with Gasteiger partial charge in [-0.3, -0.25) is 4.79 Å². The monoisotopic (exact) mass is 269 g/mol. The smallest absolute Gasteiger partial charge is 0.337 e. The molecular formula is C12H15NO6. The van der Waals surface area contributed by atoms with Crippen LogP contribution in [0.1, 0.15) is 15.9 Å². The molecule has 0 aromatic heterocycles. The van der Waals surface area contributed by atoms with E-state index in [9.17, 15) is 14.7 Å². The number of carbonyl (C=O) groups excluding carboxylic acids is 1. The highest BCUT2D eigenvalue weighted by Gasteiger charge is 2.24. The number of Topliss-reactive ketones (excluding diaryl/α,β-unsaturated/α-hetero) is 1. The molecule has 0 heterocycles. The first kappa shape index (κ1) is 15.1. The van der Waals surface area contributed by atoms with E-state index in [1.807, 2.05) is 0 Å². The number of hydrogen-bond acceptors (Lipinski definition) is 6. The van der Waals surface area contributed by atoms with Crippen LogP contribution in [0.15, 0.2) is 18.2 Å². The predicted octanol–water partition coefficient (Wildman–Crippen LogP) is -1.21. The third kappa shape index (κ3) is 3.50. The number of anilines is 1. The van der Waals surface area contributed by atoms with E-state index in [0.29, 0.717) is 0 Å². The number of ketones is 1. The van der Waals surface area contributed by atoms with E-state index >= 15 is 0 Å². The van der Waals surface area contributed by atoms with Gasteiger partial charge in [-0.2, -0.15) is 0 Å². The molecule has 2 atom stereocenters. The lowest BCUT2D eigenvalue weighted by Crippen LogP contribution is -2.37. The van der Waals surface area contributed by atoms with Gasteiger partial charge >= 0.3 is 5.97 Å². The Morgan fingerprint density at radius 1 is 1.26 bits per heavy atom. The Hall–Kier alpha value is -1.96. The maximum atomic E-state index is 11.6. The van der Waals surface area contributed by atoms with Gasteiger partial charge in [0.15, 0.2) is 5.78 Å². The topological polar surface area (TPSA) is 141 Å². The molecule has 0 amide bonds. The molecule has 1 aromatic carbocycles. The second kappa shape index (κ2) is 6.28. The summed E-state index contributed by atoms with van der Waals surface area (Å²) in [5, 5.41) is 36.0. The van der Waals surface area contributed by atoms with E-state index in [-0.39, 0.29) is 23.2 Å². The van der Waals surface area contributed by atoms with Gasteiger partial charge in [-0.15, -0.1) is 0 Å². The number of aliphatic hydroxyl groups excluding tert-OH is 3. The summed E-state index contributed by atoms with van der Waals surface area (Å²) in [5.74, 6) is -1.97. The Balaban J connectivity index is 2.92. The number of aliphatic hydroxyl groups is 3. The summed E-state index contributed by atoms with van der Waals surface area (Å²) >= 11 is 0. The van der Waals surface area contributed by atoms with Crippen molar-refractivity contribution in [2.24, 2.45) is 0 Å². The summed E-state index contributed by atoms with van der Waals surface area (Å²) in [7, 11) is 0. The summed E-state index contributed by atoms with van der Waals surface area (Å²) < 4.78 is 0. The zero-order valence-corrected chi connectivity index (χ0v) is 9.98. The molecule has 6 N–H and O–H groups in total. The van der Waals surface area contributed by atoms with Crippen molar-refractivity contribution in [2.75, 3.05) is 12.3 Å². The van der Waals surface area contributed by atoms with Crippen LogP contribution >= 0.6 is 0 Å². The third-order valence-corrected chi connectivity index (χ3v) is 2.67. The molecule has 0 aliphatic rings. The molecule has 7 nitrogen and oxygen atoms in total. The van der Waals surface area contributed by atoms with Crippen LogP contribution in [0.5, 0.6) is 0 Å². The first-order valence-electron chi connectivity index (χ1n) is 5.48. The van der Waals surface area contributed by atoms with Crippen molar-refractivity contribution in [3.63, 3.8) is 0 Å². The fraction of sp³-hybridized carbons (Fsp3) is 0.333. The first-order chi connectivity index (χ1) is 8.88. The summed E-state index contributed by atoms with van der Waals surface area (Å²) in [4.78, 5) is 22.5. The number of carboxylic acid groups (broad SMARTS) is 1. The van der Waals surface area contributed by atoms with Gasteiger partial charge in [-0.1, -0.05) is 12.1 Å². The normalized spacial score (nSPS) is 13.8. The van der Waals surface area contributed by atoms with Crippen LogP contribution in [0.25, 0.3) is 0 Å². The number of benzene rings is 1. The van der Waals surface area contributed by atoms with Crippen LogP contribution in [0.3, 0.4) is 0 Å². The molecule has 0 aliphatic heterocycles. The van der Waals surface area contributed by atoms with Gasteiger partial charge in [0, 0.05) is 12.1 Å². The minimum Gasteiger partial charge on any atom is -0.478 e. The number of aromatic carboxylic acids is 1. The molecule has 104 valence electrons. The average Bonchev–Trinajstić information content (AvgIpc) is 2.38. The van der Waals surface area contributed by atoms with Crippen LogP contribution < -0.4 is 5.73 Å². The Morgan fingerprint density at radius 2 is 1.89 bits per heavy atom. The Labute approximate surface area is 108 Å². The van der Waals surface area contributed by atoms with Gasteiger partial charge in [-0.05, 0) is 11.6 Å². The average molecular weight is 269 g/mol. The van der Waals surface area contributed by atoms with E-state index in [2.05, 4.69) is 0 Å². The summed E-state index contributed by atoms with van der Waals surface area (Å²) in [6.07, 6.45) is -3.64. The highest BCUT2D eigenvalue weighted by Crippen LogP contribution is 2.19. The molecular weight excluding hydrogens is 254 g/mol. The molecule has 1 aromatic rings. The quantitative estimate of drug-likeness (QED) is 0.408. The predicted molar refractivity (Wildman–Crippen MR) is 65.6 cm³/mol. The Morgan fingerprint density at radius 3 is 2.42 bits per heavy atom. The lowest BCUT2D eigenvalue weighted by atomic mass is 9.99. The summed E-state index contributed by atoms with van der Waals surface area (Å²) in [6.45, 7) is -0.752. The SMILES string of the molecule is Nc1c(CC(=O)C(O)C(O)CO)cccc1C(=O)O. The van der Waals surface area contributed by atoms with Crippen molar-refractivity contribution < 1.29 is 30.0 Å². The summed E-state index contributed by atoms with van der Waals surface area (Å²) in [6, 6.07) is 4.18. The van der Waals surface area contributed by atoms with E-state index in [0.717, 1.165) is 0 Å². The van der Waals surface area contributed by atoms with E-state index in [1.165, 1.54) is 18.2 Å². The lowest BCUT2D eigenvalue weighted by molar-refractivity contribution is -0.133. The molecule has 0 spiro atoms. The largest absolute Gasteiger partial charge is 0.478 e. The molecule has 2 unspecified atom stereocenters. The third-order valence-electron chi connectivity index (χ3n) is 2.67. The summed E-state index contributed by atoms with van der Waals surface area (Å²) in [5.41, 5.74) is 5.66. The molecule has 19 heavy (non-hydrogen) atoms. The molecule has 7 heteroatoms. The van der Waals surface area contributed by atoms with Crippen LogP contribution in [0, 0.1) is 0 Å². The molecule has 0 radical (unpaired) electrons. The molecule has 0 fully saturated rings. The minimum absolute atomic E-state index is 0.0611. The minimum atomic E-state index is -1.74. The van der Waals surface area contributed by atoms with Crippen molar-refractivity contribution in [3.8, 4) is 0 Å². The van der Waals surface area contributed by atoms with Crippen molar-refractivity contribution in [1.82, 2.24) is 0 Å². The van der Waals surface area contributed by atoms with Gasteiger partial charge in [-0.25, -0.2) is 4.79 Å². The lowest BCUT2D eigenvalue weighted by Gasteiger charge is -2.15. The number of carbonyl (C=O) groups is 2. The van der Waals surface area contributed by atoms with E-state index in [4.69, 9.17) is 21.1 Å². The van der Waals surface area contributed by atoms with Crippen molar-refractivity contribution in [2.45, 2.75) is 18.6 Å². The van der Waals surface area contributed by atoms with Crippen LogP contribution in [-0.2, 0) is 11.2 Å². The number of carboxylic acids is 1. The standard InChI is InChI=1S/C12H15NO6/c13-10-6(2-1-3-7(10)12(18)19)4-8(15)11(17)9(16)5-14/h1-3,9,11,14,16-17H,4-5,13H2,(H,18,19). The molecule has 1 rings (SSSR count). The number of hydrogen-bond donors (Lipinski definition) is 5. The number of nitrogens with two attached hydrogens (primary N) is 1. The first-order valence-corrected chi connectivity index (χ1v) is 5.48. The zero-order valence-electron chi connectivity index (χ0n) is 9.98. The second-order valence-electron chi connectivity index (χ2n) is 4.02. The van der Waals surface area contributed by atoms with Crippen LogP contribution in [0.2, 0.25) is 0 Å². The fourth-order valence-corrected chi connectivity index (χ4v) is 1.56. The highest BCUT2D eigenvalue weighted by molar-refractivity contribution is 5.96.